The fourth-order valence-electron chi connectivity index (χ4n) is 4.58. The van der Waals surface area contributed by atoms with E-state index in [1.807, 2.05) is 12.3 Å². The van der Waals surface area contributed by atoms with Gasteiger partial charge in [-0.15, -0.1) is 0 Å². The van der Waals surface area contributed by atoms with E-state index < -0.39 is 0 Å². The molecule has 0 saturated carbocycles. The van der Waals surface area contributed by atoms with E-state index in [0.717, 1.165) is 32.8 Å². The molecule has 0 radical (unpaired) electrons. The first kappa shape index (κ1) is 12.7. The molecule has 7 rings (SSSR count). The molecule has 4 aromatic heterocycles. The van der Waals surface area contributed by atoms with Crippen LogP contribution in [0.5, 0.6) is 0 Å². The first-order valence-corrected chi connectivity index (χ1v) is 8.75. The third kappa shape index (κ3) is 1.28. The standard InChI is InChI=1S/C23H12N2O/c1-3-7-16-13(5-1)14-9-10-18-21-20-19(26-18)11-12-24-22(20)15-6-2-4-8-17(15)25(16)23(14)21/h1-12H. The molecular formula is C23H12N2O. The van der Waals surface area contributed by atoms with Gasteiger partial charge in [0.05, 0.1) is 32.8 Å². The van der Waals surface area contributed by atoms with Crippen molar-refractivity contribution in [3.63, 3.8) is 0 Å². The van der Waals surface area contributed by atoms with Gasteiger partial charge in [-0.05, 0) is 30.3 Å². The molecule has 26 heavy (non-hydrogen) atoms. The summed E-state index contributed by atoms with van der Waals surface area (Å²) in [5, 5.41) is 5.93. The lowest BCUT2D eigenvalue weighted by Crippen LogP contribution is -1.84. The zero-order chi connectivity index (χ0) is 16.8. The molecule has 0 fully saturated rings. The minimum atomic E-state index is 0.894. The number of benzene rings is 3. The lowest BCUT2D eigenvalue weighted by molar-refractivity contribution is 0.669. The number of nitrogens with zero attached hydrogens (tertiary/aromatic N) is 2. The molecule has 4 heterocycles. The molecule has 3 heteroatoms. The molecule has 120 valence electrons. The van der Waals surface area contributed by atoms with Crippen LogP contribution >= 0.6 is 0 Å². The van der Waals surface area contributed by atoms with Crippen LogP contribution in [0, 0.1) is 0 Å². The molecular weight excluding hydrogens is 320 g/mol. The Morgan fingerprint density at radius 1 is 0.654 bits per heavy atom. The average molecular weight is 332 g/mol. The topological polar surface area (TPSA) is 30.4 Å². The Kier molecular flexibility index (Phi) is 2.03. The summed E-state index contributed by atoms with van der Waals surface area (Å²) in [7, 11) is 0. The molecule has 0 atom stereocenters. The Balaban J connectivity index is 2.08. The number of hydrogen-bond donors (Lipinski definition) is 0. The van der Waals surface area contributed by atoms with E-state index in [9.17, 15) is 0 Å². The molecule has 0 unspecified atom stereocenters. The number of pyridine rings is 1. The van der Waals surface area contributed by atoms with Crippen molar-refractivity contribution in [2.45, 2.75) is 0 Å². The summed E-state index contributed by atoms with van der Waals surface area (Å²) < 4.78 is 8.56. The van der Waals surface area contributed by atoms with Gasteiger partial charge in [0.15, 0.2) is 0 Å². The molecule has 0 N–H and O–H groups in total. The Labute approximate surface area is 147 Å². The molecule has 0 saturated heterocycles. The van der Waals surface area contributed by atoms with Gasteiger partial charge in [0.1, 0.15) is 11.2 Å². The summed E-state index contributed by atoms with van der Waals surface area (Å²) in [4.78, 5) is 4.75. The van der Waals surface area contributed by atoms with E-state index in [-0.39, 0.29) is 0 Å². The fraction of sp³-hybridized carbons (Fsp3) is 0. The van der Waals surface area contributed by atoms with Gasteiger partial charge in [0.2, 0.25) is 0 Å². The highest BCUT2D eigenvalue weighted by atomic mass is 16.3. The van der Waals surface area contributed by atoms with Crippen LogP contribution in [0.4, 0.5) is 0 Å². The number of rotatable bonds is 0. The highest BCUT2D eigenvalue weighted by molar-refractivity contribution is 6.30. The number of furan rings is 1. The van der Waals surface area contributed by atoms with Crippen molar-refractivity contribution in [2.24, 2.45) is 0 Å². The largest absolute Gasteiger partial charge is 0.456 e. The van der Waals surface area contributed by atoms with Crippen LogP contribution < -0.4 is 0 Å². The number of fused-ring (bicyclic) bond motifs is 6. The van der Waals surface area contributed by atoms with Crippen molar-refractivity contribution in [3.8, 4) is 0 Å². The number of hydrogen-bond acceptors (Lipinski definition) is 2. The van der Waals surface area contributed by atoms with E-state index in [1.165, 1.54) is 27.3 Å². The average Bonchev–Trinajstić information content (AvgIpc) is 3.19. The molecule has 3 aromatic carbocycles. The Hall–Kier alpha value is -3.59. The van der Waals surface area contributed by atoms with Crippen LogP contribution in [0.3, 0.4) is 0 Å². The van der Waals surface area contributed by atoms with E-state index >= 15 is 0 Å². The molecule has 0 aliphatic heterocycles. The van der Waals surface area contributed by atoms with Crippen molar-refractivity contribution in [2.75, 3.05) is 0 Å². The maximum absolute atomic E-state index is 6.19. The second-order valence-electron chi connectivity index (χ2n) is 6.84. The van der Waals surface area contributed by atoms with E-state index in [1.54, 1.807) is 0 Å². The summed E-state index contributed by atoms with van der Waals surface area (Å²) in [6, 6.07) is 23.4. The predicted molar refractivity (Wildman–Crippen MR) is 106 cm³/mol. The molecule has 0 amide bonds. The third-order valence-corrected chi connectivity index (χ3v) is 5.58. The zero-order valence-electron chi connectivity index (χ0n) is 13.7. The van der Waals surface area contributed by atoms with Gasteiger partial charge in [-0.1, -0.05) is 36.4 Å². The van der Waals surface area contributed by atoms with Crippen LogP contribution in [0.15, 0.2) is 77.3 Å². The first-order chi connectivity index (χ1) is 12.9. The fourth-order valence-corrected chi connectivity index (χ4v) is 4.58. The number of para-hydroxylation sites is 2. The summed E-state index contributed by atoms with van der Waals surface area (Å²) in [5.74, 6) is 0. The van der Waals surface area contributed by atoms with Gasteiger partial charge in [-0.2, -0.15) is 0 Å². The van der Waals surface area contributed by atoms with Gasteiger partial charge < -0.3 is 8.82 Å². The second kappa shape index (κ2) is 4.14. The van der Waals surface area contributed by atoms with Gasteiger partial charge in [0, 0.05) is 22.4 Å². The zero-order valence-corrected chi connectivity index (χ0v) is 13.7. The SMILES string of the molecule is c1ccc2c(c1)c1ccc3oc4ccnc5c6ccccc6n2c1c3c45. The minimum Gasteiger partial charge on any atom is -0.456 e. The summed E-state index contributed by atoms with van der Waals surface area (Å²) in [5.41, 5.74) is 6.40. The maximum Gasteiger partial charge on any atom is 0.139 e. The Morgan fingerprint density at radius 3 is 2.27 bits per heavy atom. The van der Waals surface area contributed by atoms with Crippen molar-refractivity contribution in [1.29, 1.82) is 0 Å². The van der Waals surface area contributed by atoms with Crippen molar-refractivity contribution in [1.82, 2.24) is 9.38 Å². The van der Waals surface area contributed by atoms with Crippen LogP contribution in [-0.4, -0.2) is 9.38 Å². The summed E-state index contributed by atoms with van der Waals surface area (Å²) in [6.45, 7) is 0. The smallest absolute Gasteiger partial charge is 0.139 e. The van der Waals surface area contributed by atoms with Crippen LogP contribution in [0.25, 0.3) is 60.2 Å². The highest BCUT2D eigenvalue weighted by Crippen LogP contribution is 2.43. The molecule has 0 aliphatic rings. The molecule has 3 nitrogen and oxygen atoms in total. The van der Waals surface area contributed by atoms with Crippen LogP contribution in [0.2, 0.25) is 0 Å². The second-order valence-corrected chi connectivity index (χ2v) is 6.84. The minimum absolute atomic E-state index is 0.894. The quantitative estimate of drug-likeness (QED) is 0.334. The molecule has 0 bridgehead atoms. The Morgan fingerprint density at radius 2 is 1.38 bits per heavy atom. The van der Waals surface area contributed by atoms with Crippen LogP contribution in [-0.2, 0) is 0 Å². The van der Waals surface area contributed by atoms with Gasteiger partial charge in [-0.25, -0.2) is 0 Å². The normalized spacial score (nSPS) is 12.6. The lowest BCUT2D eigenvalue weighted by Gasteiger charge is -2.01. The van der Waals surface area contributed by atoms with E-state index in [0.29, 0.717) is 0 Å². The first-order valence-electron chi connectivity index (χ1n) is 8.75. The van der Waals surface area contributed by atoms with Crippen molar-refractivity contribution < 1.29 is 4.42 Å². The highest BCUT2D eigenvalue weighted by Gasteiger charge is 2.21. The van der Waals surface area contributed by atoms with E-state index in [4.69, 9.17) is 9.40 Å². The lowest BCUT2D eigenvalue weighted by atomic mass is 10.1. The van der Waals surface area contributed by atoms with Gasteiger partial charge in [-0.3, -0.25) is 4.98 Å². The van der Waals surface area contributed by atoms with Crippen molar-refractivity contribution in [3.05, 3.63) is 72.9 Å². The van der Waals surface area contributed by atoms with Crippen LogP contribution in [0.1, 0.15) is 0 Å². The monoisotopic (exact) mass is 332 g/mol. The van der Waals surface area contributed by atoms with E-state index in [2.05, 4.69) is 65.1 Å². The number of aromatic nitrogens is 2. The Bertz CT molecular complexity index is 1620. The summed E-state index contributed by atoms with van der Waals surface area (Å²) >= 11 is 0. The molecule has 7 aromatic rings. The summed E-state index contributed by atoms with van der Waals surface area (Å²) in [6.07, 6.45) is 1.84. The predicted octanol–water partition coefficient (Wildman–Crippen LogP) is 6.13. The molecule has 0 spiro atoms. The van der Waals surface area contributed by atoms with Gasteiger partial charge >= 0.3 is 0 Å². The van der Waals surface area contributed by atoms with Crippen molar-refractivity contribution >= 4 is 60.2 Å². The van der Waals surface area contributed by atoms with Gasteiger partial charge in [0.25, 0.3) is 0 Å². The maximum atomic E-state index is 6.19. The molecule has 0 aliphatic carbocycles. The third-order valence-electron chi connectivity index (χ3n) is 5.58.